The van der Waals surface area contributed by atoms with Gasteiger partial charge in [0.1, 0.15) is 5.75 Å². The molecule has 2 nitrogen and oxygen atoms in total. The SMILES string of the molecule is O[B]Oc1ccccc1-c1ccc(Cl)cc1. The lowest BCUT2D eigenvalue weighted by atomic mass is 10.0. The first kappa shape index (κ1) is 11.1. The topological polar surface area (TPSA) is 29.5 Å². The minimum atomic E-state index is 0.604. The third-order valence-corrected chi connectivity index (χ3v) is 2.47. The quantitative estimate of drug-likeness (QED) is 0.823. The fraction of sp³-hybridized carbons (Fsp3) is 0. The van der Waals surface area contributed by atoms with Gasteiger partial charge in [-0.1, -0.05) is 41.9 Å². The van der Waals surface area contributed by atoms with Gasteiger partial charge < -0.3 is 9.68 Å². The highest BCUT2D eigenvalue weighted by atomic mass is 35.5. The highest BCUT2D eigenvalue weighted by Gasteiger charge is 2.05. The van der Waals surface area contributed by atoms with Crippen molar-refractivity contribution in [2.24, 2.45) is 0 Å². The van der Waals surface area contributed by atoms with Crippen LogP contribution < -0.4 is 4.65 Å². The monoisotopic (exact) mass is 231 g/mol. The molecule has 0 aromatic heterocycles. The Labute approximate surface area is 99.8 Å². The average Bonchev–Trinajstić information content (AvgIpc) is 2.32. The molecule has 2 aromatic rings. The Hall–Kier alpha value is -1.45. The Morgan fingerprint density at radius 1 is 1.00 bits per heavy atom. The van der Waals surface area contributed by atoms with E-state index in [9.17, 15) is 0 Å². The van der Waals surface area contributed by atoms with Gasteiger partial charge >= 0.3 is 7.69 Å². The van der Waals surface area contributed by atoms with Crippen LogP contribution in [0.15, 0.2) is 48.5 Å². The predicted molar refractivity (Wildman–Crippen MR) is 65.5 cm³/mol. The predicted octanol–water partition coefficient (Wildman–Crippen LogP) is 2.91. The summed E-state index contributed by atoms with van der Waals surface area (Å²) >= 11 is 5.82. The largest absolute Gasteiger partial charge is 0.569 e. The van der Waals surface area contributed by atoms with Crippen LogP contribution in [0.5, 0.6) is 5.75 Å². The normalized spacial score (nSPS) is 9.88. The Morgan fingerprint density at radius 2 is 1.69 bits per heavy atom. The zero-order valence-electron chi connectivity index (χ0n) is 8.43. The summed E-state index contributed by atoms with van der Waals surface area (Å²) in [6, 6.07) is 14.9. The van der Waals surface area contributed by atoms with Crippen LogP contribution in [0.2, 0.25) is 5.02 Å². The molecule has 0 bridgehead atoms. The number of para-hydroxylation sites is 1. The molecule has 0 unspecified atom stereocenters. The lowest BCUT2D eigenvalue weighted by Gasteiger charge is -2.09. The molecule has 1 N–H and O–H groups in total. The Morgan fingerprint density at radius 3 is 2.38 bits per heavy atom. The van der Waals surface area contributed by atoms with Crippen LogP contribution in [0.3, 0.4) is 0 Å². The molecule has 2 aromatic carbocycles. The zero-order chi connectivity index (χ0) is 11.4. The van der Waals surface area contributed by atoms with Gasteiger partial charge in [-0.3, -0.25) is 0 Å². The van der Waals surface area contributed by atoms with E-state index in [1.807, 2.05) is 42.5 Å². The second-order valence-corrected chi connectivity index (χ2v) is 3.66. The van der Waals surface area contributed by atoms with Crippen molar-refractivity contribution in [2.75, 3.05) is 0 Å². The van der Waals surface area contributed by atoms with Crippen molar-refractivity contribution in [1.29, 1.82) is 0 Å². The summed E-state index contributed by atoms with van der Waals surface area (Å²) in [6.07, 6.45) is 0. The molecule has 0 amide bonds. The Kier molecular flexibility index (Phi) is 3.49. The molecule has 0 fully saturated rings. The van der Waals surface area contributed by atoms with Crippen molar-refractivity contribution in [3.63, 3.8) is 0 Å². The molecular formula is C12H9BClO2. The molecule has 0 saturated carbocycles. The van der Waals surface area contributed by atoms with Gasteiger partial charge in [0.25, 0.3) is 0 Å². The molecule has 16 heavy (non-hydrogen) atoms. The fourth-order valence-corrected chi connectivity index (χ4v) is 1.62. The van der Waals surface area contributed by atoms with Gasteiger partial charge in [0.15, 0.2) is 0 Å². The summed E-state index contributed by atoms with van der Waals surface area (Å²) in [5.74, 6) is 0.604. The van der Waals surface area contributed by atoms with Crippen molar-refractivity contribution in [1.82, 2.24) is 0 Å². The van der Waals surface area contributed by atoms with Crippen LogP contribution >= 0.6 is 11.6 Å². The highest BCUT2D eigenvalue weighted by molar-refractivity contribution is 6.30. The van der Waals surface area contributed by atoms with Crippen molar-refractivity contribution < 1.29 is 9.68 Å². The maximum absolute atomic E-state index is 8.67. The number of hydrogen-bond acceptors (Lipinski definition) is 2. The Balaban J connectivity index is 2.42. The van der Waals surface area contributed by atoms with Gasteiger partial charge in [-0.2, -0.15) is 0 Å². The van der Waals surface area contributed by atoms with E-state index >= 15 is 0 Å². The van der Waals surface area contributed by atoms with Crippen LogP contribution in [0.25, 0.3) is 11.1 Å². The number of halogens is 1. The number of rotatable bonds is 3. The molecule has 0 atom stereocenters. The van der Waals surface area contributed by atoms with E-state index in [1.54, 1.807) is 6.07 Å². The third kappa shape index (κ3) is 2.38. The lowest BCUT2D eigenvalue weighted by Crippen LogP contribution is -2.00. The minimum Gasteiger partial charge on any atom is -0.537 e. The van der Waals surface area contributed by atoms with Crippen LogP contribution in [0, 0.1) is 0 Å². The van der Waals surface area contributed by atoms with Gasteiger partial charge in [0.2, 0.25) is 0 Å². The molecule has 4 heteroatoms. The number of hydrogen-bond donors (Lipinski definition) is 1. The van der Waals surface area contributed by atoms with Crippen molar-refractivity contribution in [3.8, 4) is 16.9 Å². The zero-order valence-corrected chi connectivity index (χ0v) is 9.19. The first-order valence-electron chi connectivity index (χ1n) is 4.79. The first-order chi connectivity index (χ1) is 7.81. The van der Waals surface area contributed by atoms with E-state index in [0.717, 1.165) is 11.1 Å². The van der Waals surface area contributed by atoms with Crippen molar-refractivity contribution in [3.05, 3.63) is 53.6 Å². The smallest absolute Gasteiger partial charge is 0.537 e. The average molecular weight is 231 g/mol. The third-order valence-electron chi connectivity index (χ3n) is 2.22. The van der Waals surface area contributed by atoms with Crippen molar-refractivity contribution >= 4 is 19.3 Å². The molecule has 2 rings (SSSR count). The van der Waals surface area contributed by atoms with Gasteiger partial charge in [0, 0.05) is 10.6 Å². The van der Waals surface area contributed by atoms with Crippen LogP contribution in [-0.2, 0) is 0 Å². The summed E-state index contributed by atoms with van der Waals surface area (Å²) in [5.41, 5.74) is 1.89. The van der Waals surface area contributed by atoms with Gasteiger partial charge in [0.05, 0.1) is 0 Å². The van der Waals surface area contributed by atoms with Gasteiger partial charge in [-0.25, -0.2) is 0 Å². The summed E-state index contributed by atoms with van der Waals surface area (Å²) in [6.45, 7) is 0. The lowest BCUT2D eigenvalue weighted by molar-refractivity contribution is 0.455. The maximum Gasteiger partial charge on any atom is 0.569 e. The van der Waals surface area contributed by atoms with Crippen molar-refractivity contribution in [2.45, 2.75) is 0 Å². The molecule has 0 saturated heterocycles. The standard InChI is InChI=1S/C12H9BClO2/c14-10-7-5-9(6-8-10)11-3-1-2-4-12(11)16-13-15/h1-8,15H. The van der Waals surface area contributed by atoms with E-state index < -0.39 is 0 Å². The van der Waals surface area contributed by atoms with Crippen LogP contribution in [-0.4, -0.2) is 12.7 Å². The van der Waals surface area contributed by atoms with Crippen LogP contribution in [0.4, 0.5) is 0 Å². The summed E-state index contributed by atoms with van der Waals surface area (Å²) < 4.78 is 5.02. The molecule has 1 radical (unpaired) electrons. The van der Waals surface area contributed by atoms with E-state index in [0.29, 0.717) is 18.5 Å². The molecule has 0 heterocycles. The molecule has 0 aliphatic heterocycles. The summed E-state index contributed by atoms with van der Waals surface area (Å²) in [4.78, 5) is 0. The van der Waals surface area contributed by atoms with E-state index in [1.165, 1.54) is 0 Å². The summed E-state index contributed by atoms with van der Waals surface area (Å²) in [5, 5.41) is 9.36. The second-order valence-electron chi connectivity index (χ2n) is 3.23. The molecule has 0 aliphatic rings. The highest BCUT2D eigenvalue weighted by Crippen LogP contribution is 2.30. The van der Waals surface area contributed by atoms with E-state index in [2.05, 4.69) is 0 Å². The Bertz CT molecular complexity index is 471. The second kappa shape index (κ2) is 5.06. The minimum absolute atomic E-state index is 0.604. The van der Waals surface area contributed by atoms with Gasteiger partial charge in [-0.15, -0.1) is 0 Å². The van der Waals surface area contributed by atoms with E-state index in [4.69, 9.17) is 21.3 Å². The van der Waals surface area contributed by atoms with E-state index in [-0.39, 0.29) is 0 Å². The number of benzene rings is 2. The van der Waals surface area contributed by atoms with Gasteiger partial charge in [-0.05, 0) is 23.8 Å². The van der Waals surface area contributed by atoms with Crippen LogP contribution in [0.1, 0.15) is 0 Å². The summed E-state index contributed by atoms with van der Waals surface area (Å²) in [7, 11) is 0.675. The fourth-order valence-electron chi connectivity index (χ4n) is 1.49. The maximum atomic E-state index is 8.67. The molecule has 0 spiro atoms. The molecule has 0 aliphatic carbocycles. The first-order valence-corrected chi connectivity index (χ1v) is 5.16. The molecule has 79 valence electrons. The molecular weight excluding hydrogens is 222 g/mol.